The molecule has 144 valence electrons. The van der Waals surface area contributed by atoms with Crippen molar-refractivity contribution in [3.8, 4) is 17.3 Å². The summed E-state index contributed by atoms with van der Waals surface area (Å²) in [5.41, 5.74) is 2.72. The quantitative estimate of drug-likeness (QED) is 0.681. The minimum absolute atomic E-state index is 0.326. The molecular formula is C20H20ClN5O2. The number of aromatic nitrogens is 4. The van der Waals surface area contributed by atoms with E-state index in [9.17, 15) is 4.79 Å². The summed E-state index contributed by atoms with van der Waals surface area (Å²) in [7, 11) is 5.19. The van der Waals surface area contributed by atoms with Crippen LogP contribution in [0.4, 0.5) is 5.82 Å². The van der Waals surface area contributed by atoms with Gasteiger partial charge in [-0.2, -0.15) is 5.10 Å². The normalized spacial score (nSPS) is 10.6. The van der Waals surface area contributed by atoms with Crippen molar-refractivity contribution >= 4 is 35.5 Å². The Bertz CT molecular complexity index is 1080. The van der Waals surface area contributed by atoms with Crippen molar-refractivity contribution in [1.82, 2.24) is 19.3 Å². The molecular weight excluding hydrogens is 378 g/mol. The number of anilines is 1. The lowest BCUT2D eigenvalue weighted by atomic mass is 10.2. The van der Waals surface area contributed by atoms with Crippen molar-refractivity contribution in [3.63, 3.8) is 0 Å². The number of benzene rings is 1. The van der Waals surface area contributed by atoms with Crippen LogP contribution >= 0.6 is 11.6 Å². The van der Waals surface area contributed by atoms with Crippen LogP contribution in [0.5, 0.6) is 5.75 Å². The molecule has 8 heteroatoms. The van der Waals surface area contributed by atoms with Gasteiger partial charge in [0.05, 0.1) is 23.5 Å². The summed E-state index contributed by atoms with van der Waals surface area (Å²) in [6.45, 7) is 7.60. The van der Waals surface area contributed by atoms with Crippen molar-refractivity contribution in [3.05, 3.63) is 59.4 Å². The number of hydrogen-bond donors (Lipinski definition) is 1. The van der Waals surface area contributed by atoms with Gasteiger partial charge >= 0.3 is 0 Å². The second kappa shape index (κ2) is 7.74. The zero-order valence-electron chi connectivity index (χ0n) is 15.9. The number of hydrogen-bond acceptors (Lipinski definition) is 4. The number of imidazole rings is 1. The van der Waals surface area contributed by atoms with Gasteiger partial charge in [-0.15, -0.1) is 0 Å². The first-order valence-electron chi connectivity index (χ1n) is 8.40. The van der Waals surface area contributed by atoms with E-state index in [2.05, 4.69) is 28.6 Å². The van der Waals surface area contributed by atoms with Gasteiger partial charge in [0.25, 0.3) is 5.91 Å². The summed E-state index contributed by atoms with van der Waals surface area (Å²) in [4.78, 5) is 17.1. The summed E-state index contributed by atoms with van der Waals surface area (Å²) >= 11 is 6.10. The first-order chi connectivity index (χ1) is 13.4. The molecule has 0 fully saturated rings. The molecule has 0 spiro atoms. The lowest BCUT2D eigenvalue weighted by Gasteiger charge is -2.05. The lowest BCUT2D eigenvalue weighted by molar-refractivity contribution is 0.102. The monoisotopic (exact) mass is 397 g/mol. The van der Waals surface area contributed by atoms with Crippen LogP contribution in [0.25, 0.3) is 23.7 Å². The maximum Gasteiger partial charge on any atom is 0.256 e. The molecule has 1 amide bonds. The summed E-state index contributed by atoms with van der Waals surface area (Å²) in [5.74, 6) is 1.27. The van der Waals surface area contributed by atoms with Gasteiger partial charge in [-0.25, -0.2) is 4.98 Å². The Morgan fingerprint density at radius 1 is 1.25 bits per heavy atom. The maximum absolute atomic E-state index is 12.5. The largest absolute Gasteiger partial charge is 0.495 e. The van der Waals surface area contributed by atoms with Gasteiger partial charge in [-0.3, -0.25) is 9.48 Å². The topological polar surface area (TPSA) is 74.0 Å². The highest BCUT2D eigenvalue weighted by Gasteiger charge is 2.18. The fourth-order valence-corrected chi connectivity index (χ4v) is 3.14. The molecule has 0 saturated carbocycles. The smallest absolute Gasteiger partial charge is 0.256 e. The van der Waals surface area contributed by atoms with Crippen molar-refractivity contribution in [2.75, 3.05) is 12.4 Å². The predicted octanol–water partition coefficient (Wildman–Crippen LogP) is 4.02. The van der Waals surface area contributed by atoms with E-state index in [-0.39, 0.29) is 5.91 Å². The number of halogens is 1. The van der Waals surface area contributed by atoms with Crippen molar-refractivity contribution < 1.29 is 9.53 Å². The zero-order valence-corrected chi connectivity index (χ0v) is 16.6. The van der Waals surface area contributed by atoms with Crippen molar-refractivity contribution in [2.45, 2.75) is 0 Å². The Morgan fingerprint density at radius 3 is 2.57 bits per heavy atom. The molecule has 0 aliphatic heterocycles. The van der Waals surface area contributed by atoms with Gasteiger partial charge in [0.15, 0.2) is 11.6 Å². The molecule has 1 aromatic carbocycles. The van der Waals surface area contributed by atoms with Gasteiger partial charge in [0.2, 0.25) is 0 Å². The maximum atomic E-state index is 12.5. The first kappa shape index (κ1) is 19.4. The Balaban J connectivity index is 1.90. The number of nitrogens with one attached hydrogen (secondary N) is 1. The number of rotatable bonds is 6. The van der Waals surface area contributed by atoms with E-state index in [1.807, 2.05) is 11.6 Å². The zero-order chi connectivity index (χ0) is 20.4. The third-order valence-electron chi connectivity index (χ3n) is 4.32. The number of carbonyl (C=O) groups excluding carboxylic acids is 1. The molecule has 2 aromatic heterocycles. The minimum Gasteiger partial charge on any atom is -0.495 e. The number of ether oxygens (including phenoxy) is 1. The molecule has 0 saturated heterocycles. The molecule has 1 N–H and O–H groups in total. The fraction of sp³-hybridized carbons (Fsp3) is 0.150. The molecule has 3 aromatic rings. The van der Waals surface area contributed by atoms with Gasteiger partial charge < -0.3 is 14.6 Å². The standard InChI is InChI=1S/C20H20ClN5O2/c1-6-14-15(7-2)25(3)19(22-14)16-11-18(24-26(16)4)23-20(27)12-8-9-17(28-5)13(21)10-12/h6-11H,1-2H2,3-5H3,(H,23,24,27). The van der Waals surface area contributed by atoms with Crippen LogP contribution in [-0.4, -0.2) is 32.3 Å². The van der Waals surface area contributed by atoms with Crippen LogP contribution < -0.4 is 10.1 Å². The molecule has 28 heavy (non-hydrogen) atoms. The number of amides is 1. The Kier molecular flexibility index (Phi) is 5.37. The van der Waals surface area contributed by atoms with E-state index in [4.69, 9.17) is 16.3 Å². The molecule has 7 nitrogen and oxygen atoms in total. The molecule has 0 unspecified atom stereocenters. The lowest BCUT2D eigenvalue weighted by Crippen LogP contribution is -2.12. The van der Waals surface area contributed by atoms with Crippen LogP contribution in [0.15, 0.2) is 37.4 Å². The van der Waals surface area contributed by atoms with Gasteiger partial charge in [0, 0.05) is 25.7 Å². The average molecular weight is 398 g/mol. The SMILES string of the molecule is C=Cc1nc(-c2cc(NC(=O)c3ccc(OC)c(Cl)c3)nn2C)n(C)c1C=C. The highest BCUT2D eigenvalue weighted by atomic mass is 35.5. The van der Waals surface area contributed by atoms with E-state index < -0.39 is 0 Å². The van der Waals surface area contributed by atoms with Crippen molar-refractivity contribution in [1.29, 1.82) is 0 Å². The summed E-state index contributed by atoms with van der Waals surface area (Å²) < 4.78 is 8.65. The Morgan fingerprint density at radius 2 is 2.00 bits per heavy atom. The van der Waals surface area contributed by atoms with E-state index in [0.717, 1.165) is 17.1 Å². The highest BCUT2D eigenvalue weighted by molar-refractivity contribution is 6.32. The summed E-state index contributed by atoms with van der Waals surface area (Å²) in [6.07, 6.45) is 3.40. The van der Waals surface area contributed by atoms with Crippen molar-refractivity contribution in [2.24, 2.45) is 14.1 Å². The molecule has 0 radical (unpaired) electrons. The van der Waals surface area contributed by atoms with Crippen LogP contribution in [0, 0.1) is 0 Å². The summed E-state index contributed by atoms with van der Waals surface area (Å²) in [6, 6.07) is 6.58. The van der Waals surface area contributed by atoms with Gasteiger partial charge in [0.1, 0.15) is 11.4 Å². The predicted molar refractivity (Wildman–Crippen MR) is 112 cm³/mol. The second-order valence-electron chi connectivity index (χ2n) is 6.02. The van der Waals surface area contributed by atoms with E-state index >= 15 is 0 Å². The Labute approximate surface area is 167 Å². The molecule has 0 atom stereocenters. The van der Waals surface area contributed by atoms with E-state index in [1.165, 1.54) is 7.11 Å². The number of nitrogens with zero attached hydrogens (tertiary/aromatic N) is 4. The molecule has 2 heterocycles. The number of methoxy groups -OCH3 is 1. The van der Waals surface area contributed by atoms with E-state index in [0.29, 0.717) is 28.0 Å². The Hall–Kier alpha value is -3.32. The fourth-order valence-electron chi connectivity index (χ4n) is 2.89. The number of carbonyl (C=O) groups is 1. The molecule has 0 bridgehead atoms. The second-order valence-corrected chi connectivity index (χ2v) is 6.42. The van der Waals surface area contributed by atoms with Crippen LogP contribution in [0.2, 0.25) is 5.02 Å². The van der Waals surface area contributed by atoms with Crippen LogP contribution in [0.1, 0.15) is 21.7 Å². The minimum atomic E-state index is -0.326. The molecule has 0 aliphatic carbocycles. The molecule has 0 aliphatic rings. The number of aryl methyl sites for hydroxylation is 1. The summed E-state index contributed by atoms with van der Waals surface area (Å²) in [5, 5.41) is 7.50. The van der Waals surface area contributed by atoms with Gasteiger partial charge in [-0.1, -0.05) is 24.8 Å². The molecule has 3 rings (SSSR count). The average Bonchev–Trinajstić information content (AvgIpc) is 3.19. The highest BCUT2D eigenvalue weighted by Crippen LogP contribution is 2.27. The van der Waals surface area contributed by atoms with E-state index in [1.54, 1.807) is 48.1 Å². The van der Waals surface area contributed by atoms with Crippen LogP contribution in [0.3, 0.4) is 0 Å². The third kappa shape index (κ3) is 3.44. The van der Waals surface area contributed by atoms with Crippen LogP contribution in [-0.2, 0) is 14.1 Å². The third-order valence-corrected chi connectivity index (χ3v) is 4.61. The van der Waals surface area contributed by atoms with Gasteiger partial charge in [-0.05, 0) is 30.4 Å². The first-order valence-corrected chi connectivity index (χ1v) is 8.78.